The highest BCUT2D eigenvalue weighted by Crippen LogP contribution is 2.31. The van der Waals surface area contributed by atoms with Gasteiger partial charge in [-0.15, -0.1) is 0 Å². The van der Waals surface area contributed by atoms with Crippen LogP contribution in [-0.4, -0.2) is 90.0 Å². The smallest absolute Gasteiger partial charge is 0.354 e. The van der Waals surface area contributed by atoms with E-state index in [1.165, 1.54) is 12.3 Å². The molecule has 8 heterocycles. The Morgan fingerprint density at radius 1 is 0.639 bits per heavy atom. The Bertz CT molecular complexity index is 3090. The van der Waals surface area contributed by atoms with Gasteiger partial charge in [0.05, 0.1) is 46.3 Å². The number of aromatic carboxylic acids is 1. The van der Waals surface area contributed by atoms with E-state index in [1.54, 1.807) is 53.6 Å². The number of hydrogen-bond acceptors (Lipinski definition) is 13. The first-order valence-electron chi connectivity index (χ1n) is 18.9. The Labute approximate surface area is 345 Å². The molecule has 0 fully saturated rings. The summed E-state index contributed by atoms with van der Waals surface area (Å²) in [6.07, 6.45) is 10.2. The van der Waals surface area contributed by atoms with E-state index in [1.807, 2.05) is 65.6 Å². The Morgan fingerprint density at radius 2 is 1.16 bits per heavy atom. The molecule has 61 heavy (non-hydrogen) atoms. The number of amides is 1. The average molecular weight is 815 g/mol. The van der Waals surface area contributed by atoms with Crippen LogP contribution in [0, 0.1) is 0 Å². The van der Waals surface area contributed by atoms with Crippen LogP contribution in [0.2, 0.25) is 0 Å². The van der Waals surface area contributed by atoms with E-state index in [-0.39, 0.29) is 11.6 Å². The van der Waals surface area contributed by atoms with Gasteiger partial charge in [0, 0.05) is 72.2 Å². The van der Waals surface area contributed by atoms with Crippen LogP contribution in [0.5, 0.6) is 0 Å². The summed E-state index contributed by atoms with van der Waals surface area (Å²) in [6, 6.07) is 25.8. The Hall–Kier alpha value is -8.58. The van der Waals surface area contributed by atoms with Crippen molar-refractivity contribution < 1.29 is 14.7 Å². The molecule has 0 unspecified atom stereocenters. The van der Waals surface area contributed by atoms with E-state index in [2.05, 4.69) is 55.8 Å². The van der Waals surface area contributed by atoms with Crippen LogP contribution in [-0.2, 0) is 13.1 Å². The molecule has 10 aromatic rings. The van der Waals surface area contributed by atoms with Crippen LogP contribution in [0.4, 0.5) is 11.6 Å². The topological polar surface area (TPSA) is 289 Å². The Balaban J connectivity index is 0.000000144. The highest BCUT2D eigenvalue weighted by Gasteiger charge is 2.14. The lowest BCUT2D eigenvalue weighted by atomic mass is 10.1. The lowest BCUT2D eigenvalue weighted by Gasteiger charge is -2.04. The third-order valence-corrected chi connectivity index (χ3v) is 9.45. The first-order valence-corrected chi connectivity index (χ1v) is 18.9. The van der Waals surface area contributed by atoms with Crippen molar-refractivity contribution in [3.05, 3.63) is 133 Å². The number of rotatable bonds is 9. The molecule has 19 nitrogen and oxygen atoms in total. The molecule has 0 saturated heterocycles. The van der Waals surface area contributed by atoms with E-state index in [4.69, 9.17) is 22.3 Å². The van der Waals surface area contributed by atoms with Crippen LogP contribution in [0.25, 0.3) is 66.1 Å². The summed E-state index contributed by atoms with van der Waals surface area (Å²) >= 11 is 0. The van der Waals surface area contributed by atoms with E-state index in [0.717, 1.165) is 66.1 Å². The zero-order valence-corrected chi connectivity index (χ0v) is 32.3. The van der Waals surface area contributed by atoms with Gasteiger partial charge < -0.3 is 27.6 Å². The number of nitrogen functional groups attached to an aromatic ring is 2. The second-order valence-electron chi connectivity index (χ2n) is 13.5. The fourth-order valence-electron chi connectivity index (χ4n) is 6.53. The average Bonchev–Trinajstić information content (AvgIpc) is 4.13. The predicted molar refractivity (Wildman–Crippen MR) is 231 cm³/mol. The number of pyridine rings is 4. The number of aromatic amines is 2. The number of benzene rings is 2. The van der Waals surface area contributed by atoms with Gasteiger partial charge in [-0.1, -0.05) is 24.3 Å². The van der Waals surface area contributed by atoms with Gasteiger partial charge in [0.25, 0.3) is 5.91 Å². The number of fused-ring (bicyclic) bond motifs is 6. The van der Waals surface area contributed by atoms with Gasteiger partial charge in [0.1, 0.15) is 34.1 Å². The third kappa shape index (κ3) is 8.66. The predicted octanol–water partition coefficient (Wildman–Crippen LogP) is 4.68. The van der Waals surface area contributed by atoms with Gasteiger partial charge in [0.2, 0.25) is 0 Å². The molecule has 0 aliphatic heterocycles. The van der Waals surface area contributed by atoms with Crippen molar-refractivity contribution in [2.24, 2.45) is 5.73 Å². The highest BCUT2D eigenvalue weighted by molar-refractivity contribution is 6.09. The van der Waals surface area contributed by atoms with Gasteiger partial charge in [-0.3, -0.25) is 29.3 Å². The number of anilines is 2. The molecule has 1 amide bonds. The minimum atomic E-state index is -0.990. The lowest BCUT2D eigenvalue weighted by Crippen LogP contribution is -2.28. The van der Waals surface area contributed by atoms with Gasteiger partial charge in [0.15, 0.2) is 0 Å². The van der Waals surface area contributed by atoms with Crippen LogP contribution in [0.3, 0.4) is 0 Å². The Kier molecular flexibility index (Phi) is 11.3. The fraction of sp³-hybridized carbons (Fsp3) is 0.0952. The van der Waals surface area contributed by atoms with Crippen LogP contribution < -0.4 is 22.5 Å². The first-order chi connectivity index (χ1) is 29.7. The minimum Gasteiger partial charge on any atom is -0.477 e. The third-order valence-electron chi connectivity index (χ3n) is 9.45. The second-order valence-corrected chi connectivity index (χ2v) is 13.5. The van der Waals surface area contributed by atoms with Gasteiger partial charge in [-0.05, 0) is 60.7 Å². The van der Waals surface area contributed by atoms with E-state index in [9.17, 15) is 9.59 Å². The van der Waals surface area contributed by atoms with E-state index >= 15 is 0 Å². The van der Waals surface area contributed by atoms with Crippen molar-refractivity contribution in [2.45, 2.75) is 13.1 Å². The SMILES string of the molecule is NCCn1cc2c(N)nc3cc(-c4ccn[nH]4)ccc3c2n1.Nc1nc2cc(-c3ccn[nH]3)ccc2c2nn(CCNC(=O)c3ccccn3)cc12.O=C(O)c1ccccn1. The Morgan fingerprint density at radius 3 is 1.61 bits per heavy atom. The van der Waals surface area contributed by atoms with Crippen molar-refractivity contribution in [3.63, 3.8) is 0 Å². The molecule has 0 spiro atoms. The number of carboxylic acid groups (broad SMARTS) is 1. The zero-order chi connectivity index (χ0) is 42.3. The summed E-state index contributed by atoms with van der Waals surface area (Å²) < 4.78 is 3.58. The maximum absolute atomic E-state index is 12.1. The van der Waals surface area contributed by atoms with Crippen LogP contribution in [0.15, 0.2) is 122 Å². The molecule has 2 aromatic carbocycles. The number of nitrogens with one attached hydrogen (secondary N) is 3. The summed E-state index contributed by atoms with van der Waals surface area (Å²) in [4.78, 5) is 38.9. The summed E-state index contributed by atoms with van der Waals surface area (Å²) in [5.74, 6) is -0.309. The molecule has 0 radical (unpaired) electrons. The molecule has 8 aromatic heterocycles. The van der Waals surface area contributed by atoms with Crippen LogP contribution in [0.1, 0.15) is 21.0 Å². The molecule has 0 bridgehead atoms. The number of nitrogens with two attached hydrogens (primary N) is 3. The molecular formula is C42H38N16O3. The summed E-state index contributed by atoms with van der Waals surface area (Å²) in [5.41, 5.74) is 25.4. The zero-order valence-electron chi connectivity index (χ0n) is 32.3. The lowest BCUT2D eigenvalue weighted by molar-refractivity contribution is 0.0690. The number of carbonyl (C=O) groups is 2. The maximum Gasteiger partial charge on any atom is 0.354 e. The molecule has 10 N–H and O–H groups in total. The number of carbonyl (C=O) groups excluding carboxylic acids is 1. The second kappa shape index (κ2) is 17.5. The maximum atomic E-state index is 12.1. The summed E-state index contributed by atoms with van der Waals surface area (Å²) in [6.45, 7) is 2.10. The van der Waals surface area contributed by atoms with Crippen molar-refractivity contribution in [1.29, 1.82) is 0 Å². The monoisotopic (exact) mass is 814 g/mol. The minimum absolute atomic E-state index is 0.0810. The quantitative estimate of drug-likeness (QED) is 0.104. The summed E-state index contributed by atoms with van der Waals surface area (Å²) in [7, 11) is 0. The van der Waals surface area contributed by atoms with Crippen molar-refractivity contribution in [2.75, 3.05) is 24.6 Å². The van der Waals surface area contributed by atoms with Crippen molar-refractivity contribution in [3.8, 4) is 22.5 Å². The van der Waals surface area contributed by atoms with Gasteiger partial charge in [-0.25, -0.2) is 19.7 Å². The van der Waals surface area contributed by atoms with E-state index < -0.39 is 5.97 Å². The number of hydrogen-bond donors (Lipinski definition) is 7. The highest BCUT2D eigenvalue weighted by atomic mass is 16.4. The summed E-state index contributed by atoms with van der Waals surface area (Å²) in [5, 5.41) is 37.8. The molecule has 304 valence electrons. The van der Waals surface area contributed by atoms with Gasteiger partial charge >= 0.3 is 5.97 Å². The van der Waals surface area contributed by atoms with Crippen LogP contribution >= 0.6 is 0 Å². The number of aromatic nitrogens is 12. The normalized spacial score (nSPS) is 11.0. The molecule has 0 saturated carbocycles. The van der Waals surface area contributed by atoms with E-state index in [0.29, 0.717) is 43.5 Å². The molecule has 19 heteroatoms. The number of nitrogens with zero attached hydrogens (tertiary/aromatic N) is 10. The molecular weight excluding hydrogens is 777 g/mol. The standard InChI is InChI=1S/C21H18N8O.C15H15N7.C6H5NO2/c22-20-15-12-29(10-9-24-21(30)17-3-1-2-7-23-17)28-19(15)14-5-4-13(11-18(14)26-20)16-6-8-25-27-16;16-4-6-22-8-11-14(21-22)10-2-1-9(12-3-5-18-20-12)7-13(10)19-15(11)17;8-6(9)5-3-1-2-4-7-5/h1-8,11-12H,9-10H2,(H2,22,26)(H,24,30)(H,25,27);1-3,5,7-8H,4,6,16H2,(H2,17,19)(H,18,20);1-4H,(H,8,9). The molecule has 0 aliphatic carbocycles. The molecule has 0 atom stereocenters. The molecule has 10 rings (SSSR count). The van der Waals surface area contributed by atoms with Crippen molar-refractivity contribution in [1.82, 2.24) is 65.2 Å². The molecule has 0 aliphatic rings. The number of H-pyrrole nitrogens is 2. The van der Waals surface area contributed by atoms with Crippen molar-refractivity contribution >= 4 is 67.1 Å². The first kappa shape index (κ1) is 39.3. The largest absolute Gasteiger partial charge is 0.477 e. The number of carboxylic acids is 1. The van der Waals surface area contributed by atoms with Gasteiger partial charge in [-0.2, -0.15) is 20.4 Å². The fourth-order valence-corrected chi connectivity index (χ4v) is 6.53.